The third kappa shape index (κ3) is 1.89. The molecule has 4 nitrogen and oxygen atoms in total. The Kier molecular flexibility index (Phi) is 2.47. The van der Waals surface area contributed by atoms with Gasteiger partial charge in [-0.1, -0.05) is 0 Å². The molecule has 1 aromatic rings. The van der Waals surface area contributed by atoms with E-state index in [1.165, 1.54) is 4.88 Å². The number of β-amino-alcohol motifs (C(OH)–C–C–N with tert-alkyl or cyclic N) is 1. The van der Waals surface area contributed by atoms with E-state index >= 15 is 0 Å². The maximum Gasteiger partial charge on any atom is 0.183 e. The van der Waals surface area contributed by atoms with E-state index in [9.17, 15) is 5.11 Å². The van der Waals surface area contributed by atoms with E-state index in [-0.39, 0.29) is 0 Å². The molecule has 1 aliphatic rings. The van der Waals surface area contributed by atoms with Crippen LogP contribution in [0.4, 0.5) is 5.13 Å². The van der Waals surface area contributed by atoms with Crippen LogP contribution in [-0.2, 0) is 0 Å². The lowest BCUT2D eigenvalue weighted by atomic mass is 9.98. The van der Waals surface area contributed by atoms with Gasteiger partial charge in [-0.2, -0.15) is 0 Å². The second-order valence-electron chi connectivity index (χ2n) is 3.84. The van der Waals surface area contributed by atoms with Crippen molar-refractivity contribution >= 4 is 16.5 Å². The number of hydrogen-bond donors (Lipinski definition) is 3. The van der Waals surface area contributed by atoms with E-state index in [0.717, 1.165) is 10.8 Å². The third-order valence-corrected chi connectivity index (χ3v) is 3.54. The number of nitrogens with zero attached hydrogens (tertiary/aromatic N) is 1. The van der Waals surface area contributed by atoms with Crippen LogP contribution in [0.5, 0.6) is 0 Å². The molecule has 0 atom stereocenters. The summed E-state index contributed by atoms with van der Waals surface area (Å²) < 4.78 is 0. The Labute approximate surface area is 87.4 Å². The van der Waals surface area contributed by atoms with Crippen molar-refractivity contribution in [3.63, 3.8) is 0 Å². The van der Waals surface area contributed by atoms with Gasteiger partial charge in [0.15, 0.2) is 5.13 Å². The molecule has 5 heteroatoms. The average Bonchev–Trinajstić information content (AvgIpc) is 2.40. The molecule has 3 N–H and O–H groups in total. The van der Waals surface area contributed by atoms with Crippen LogP contribution in [0, 0.1) is 13.8 Å². The van der Waals surface area contributed by atoms with Crippen molar-refractivity contribution in [2.75, 3.05) is 25.0 Å². The van der Waals surface area contributed by atoms with Crippen LogP contribution < -0.4 is 10.6 Å². The quantitative estimate of drug-likeness (QED) is 0.684. The van der Waals surface area contributed by atoms with Gasteiger partial charge in [0.05, 0.1) is 5.69 Å². The summed E-state index contributed by atoms with van der Waals surface area (Å²) in [5.74, 6) is 0. The fraction of sp³-hybridized carbons (Fsp3) is 0.667. The smallest absolute Gasteiger partial charge is 0.183 e. The van der Waals surface area contributed by atoms with Crippen LogP contribution in [0.2, 0.25) is 0 Å². The first kappa shape index (κ1) is 9.89. The molecule has 2 heterocycles. The SMILES string of the molecule is Cc1nc(NCC2(O)CNC2)sc1C. The summed E-state index contributed by atoms with van der Waals surface area (Å²) in [6.45, 7) is 5.97. The maximum absolute atomic E-state index is 9.80. The molecule has 14 heavy (non-hydrogen) atoms. The molecule has 1 fully saturated rings. The van der Waals surface area contributed by atoms with Crippen molar-refractivity contribution in [1.29, 1.82) is 0 Å². The van der Waals surface area contributed by atoms with Gasteiger partial charge in [0.2, 0.25) is 0 Å². The van der Waals surface area contributed by atoms with Gasteiger partial charge in [-0.25, -0.2) is 4.98 Å². The average molecular weight is 213 g/mol. The van der Waals surface area contributed by atoms with Gasteiger partial charge in [-0.15, -0.1) is 11.3 Å². The monoisotopic (exact) mass is 213 g/mol. The summed E-state index contributed by atoms with van der Waals surface area (Å²) in [5.41, 5.74) is 0.490. The Balaban J connectivity index is 1.91. The fourth-order valence-corrected chi connectivity index (χ4v) is 2.14. The van der Waals surface area contributed by atoms with Gasteiger partial charge < -0.3 is 15.7 Å². The van der Waals surface area contributed by atoms with Gasteiger partial charge in [0.1, 0.15) is 5.60 Å². The van der Waals surface area contributed by atoms with E-state index in [1.807, 2.05) is 6.92 Å². The minimum Gasteiger partial charge on any atom is -0.385 e. The minimum absolute atomic E-state index is 0.576. The summed E-state index contributed by atoms with van der Waals surface area (Å²) in [7, 11) is 0. The first-order valence-electron chi connectivity index (χ1n) is 4.70. The van der Waals surface area contributed by atoms with Crippen molar-refractivity contribution in [3.05, 3.63) is 10.6 Å². The highest BCUT2D eigenvalue weighted by molar-refractivity contribution is 7.15. The summed E-state index contributed by atoms with van der Waals surface area (Å²) in [5, 5.41) is 16.9. The van der Waals surface area contributed by atoms with E-state index in [4.69, 9.17) is 0 Å². The molecule has 1 aliphatic heterocycles. The van der Waals surface area contributed by atoms with Gasteiger partial charge >= 0.3 is 0 Å². The number of aryl methyl sites for hydroxylation is 2. The summed E-state index contributed by atoms with van der Waals surface area (Å²) in [4.78, 5) is 5.58. The molecule has 78 valence electrons. The second kappa shape index (κ2) is 3.49. The van der Waals surface area contributed by atoms with Gasteiger partial charge in [0.25, 0.3) is 0 Å². The van der Waals surface area contributed by atoms with Crippen LogP contribution in [0.15, 0.2) is 0 Å². The van der Waals surface area contributed by atoms with E-state index in [1.54, 1.807) is 11.3 Å². The first-order chi connectivity index (χ1) is 6.59. The summed E-state index contributed by atoms with van der Waals surface area (Å²) >= 11 is 1.64. The zero-order chi connectivity index (χ0) is 10.2. The number of aromatic nitrogens is 1. The zero-order valence-corrected chi connectivity index (χ0v) is 9.24. The normalized spacial score (nSPS) is 19.1. The lowest BCUT2D eigenvalue weighted by Gasteiger charge is -2.37. The summed E-state index contributed by atoms with van der Waals surface area (Å²) in [6.07, 6.45) is 0. The molecule has 1 aromatic heterocycles. The number of rotatable bonds is 3. The zero-order valence-electron chi connectivity index (χ0n) is 8.42. The van der Waals surface area contributed by atoms with Crippen LogP contribution in [0.1, 0.15) is 10.6 Å². The van der Waals surface area contributed by atoms with Gasteiger partial charge in [0, 0.05) is 24.5 Å². The largest absolute Gasteiger partial charge is 0.385 e. The molecule has 0 unspecified atom stereocenters. The highest BCUT2D eigenvalue weighted by atomic mass is 32.1. The number of nitrogens with one attached hydrogen (secondary N) is 2. The van der Waals surface area contributed by atoms with E-state index in [2.05, 4.69) is 22.5 Å². The number of hydrogen-bond acceptors (Lipinski definition) is 5. The number of aliphatic hydroxyl groups is 1. The maximum atomic E-state index is 9.80. The van der Waals surface area contributed by atoms with E-state index in [0.29, 0.717) is 19.6 Å². The van der Waals surface area contributed by atoms with Crippen molar-refractivity contribution < 1.29 is 5.11 Å². The molecule has 0 spiro atoms. The molecular formula is C9H15N3OS. The summed E-state index contributed by atoms with van der Waals surface area (Å²) in [6, 6.07) is 0. The first-order valence-corrected chi connectivity index (χ1v) is 5.52. The fourth-order valence-electron chi connectivity index (χ4n) is 1.33. The highest BCUT2D eigenvalue weighted by Crippen LogP contribution is 2.22. The van der Waals surface area contributed by atoms with Crippen molar-refractivity contribution in [1.82, 2.24) is 10.3 Å². The lowest BCUT2D eigenvalue weighted by molar-refractivity contribution is 0.00312. The van der Waals surface area contributed by atoms with Crippen molar-refractivity contribution in [3.8, 4) is 0 Å². The lowest BCUT2D eigenvalue weighted by Crippen LogP contribution is -2.62. The Morgan fingerprint density at radius 2 is 2.29 bits per heavy atom. The molecule has 0 amide bonds. The molecule has 0 aromatic carbocycles. The Bertz CT molecular complexity index is 313. The van der Waals surface area contributed by atoms with Gasteiger partial charge in [-0.05, 0) is 13.8 Å². The second-order valence-corrected chi connectivity index (χ2v) is 5.05. The third-order valence-electron chi connectivity index (χ3n) is 2.51. The Morgan fingerprint density at radius 3 is 2.71 bits per heavy atom. The molecule has 2 rings (SSSR count). The Hall–Kier alpha value is -0.650. The standard InChI is InChI=1S/C9H15N3OS/c1-6-7(2)14-8(12-6)11-5-9(13)3-10-4-9/h10,13H,3-5H2,1-2H3,(H,11,12). The topological polar surface area (TPSA) is 57.2 Å². The van der Waals surface area contributed by atoms with Gasteiger partial charge in [-0.3, -0.25) is 0 Å². The number of anilines is 1. The van der Waals surface area contributed by atoms with Crippen molar-refractivity contribution in [2.45, 2.75) is 19.4 Å². The van der Waals surface area contributed by atoms with E-state index < -0.39 is 5.60 Å². The van der Waals surface area contributed by atoms with Crippen LogP contribution in [-0.4, -0.2) is 35.3 Å². The van der Waals surface area contributed by atoms with Crippen molar-refractivity contribution in [2.24, 2.45) is 0 Å². The highest BCUT2D eigenvalue weighted by Gasteiger charge is 2.33. The van der Waals surface area contributed by atoms with Crippen LogP contribution in [0.25, 0.3) is 0 Å². The molecule has 0 saturated carbocycles. The number of thiazole rings is 1. The molecule has 0 radical (unpaired) electrons. The van der Waals surface area contributed by atoms with Crippen LogP contribution >= 0.6 is 11.3 Å². The Morgan fingerprint density at radius 1 is 1.57 bits per heavy atom. The molecule has 1 saturated heterocycles. The molecular weight excluding hydrogens is 198 g/mol. The predicted molar refractivity (Wildman–Crippen MR) is 57.9 cm³/mol. The predicted octanol–water partition coefficient (Wildman–Crippen LogP) is 0.506. The minimum atomic E-state index is -0.576. The van der Waals surface area contributed by atoms with Crippen LogP contribution in [0.3, 0.4) is 0 Å². The molecule has 0 aliphatic carbocycles. The molecule has 0 bridgehead atoms.